The highest BCUT2D eigenvalue weighted by molar-refractivity contribution is 9.10. The monoisotopic (exact) mass is 331 g/mol. The SMILES string of the molecule is CC1CCCN(C(=O)c2cccc3cccc(Br)c23)C1. The van der Waals surface area contributed by atoms with Gasteiger partial charge >= 0.3 is 0 Å². The maximum Gasteiger partial charge on any atom is 0.254 e. The fourth-order valence-electron chi connectivity index (χ4n) is 3.02. The van der Waals surface area contributed by atoms with Crippen LogP contribution in [-0.4, -0.2) is 23.9 Å². The van der Waals surface area contributed by atoms with E-state index < -0.39 is 0 Å². The lowest BCUT2D eigenvalue weighted by atomic mass is 9.98. The fraction of sp³-hybridized carbons (Fsp3) is 0.353. The summed E-state index contributed by atoms with van der Waals surface area (Å²) >= 11 is 3.58. The molecule has 0 aliphatic carbocycles. The van der Waals surface area contributed by atoms with Gasteiger partial charge in [-0.1, -0.05) is 47.1 Å². The third kappa shape index (κ3) is 2.47. The van der Waals surface area contributed by atoms with Crippen LogP contribution in [0.5, 0.6) is 0 Å². The van der Waals surface area contributed by atoms with Crippen molar-refractivity contribution >= 4 is 32.6 Å². The van der Waals surface area contributed by atoms with Crippen molar-refractivity contribution in [2.24, 2.45) is 5.92 Å². The van der Waals surface area contributed by atoms with E-state index in [1.54, 1.807) is 0 Å². The molecule has 1 amide bonds. The van der Waals surface area contributed by atoms with Crippen LogP contribution in [-0.2, 0) is 0 Å². The van der Waals surface area contributed by atoms with Gasteiger partial charge in [-0.3, -0.25) is 4.79 Å². The Balaban J connectivity index is 2.03. The lowest BCUT2D eigenvalue weighted by Gasteiger charge is -2.31. The summed E-state index contributed by atoms with van der Waals surface area (Å²) < 4.78 is 0.990. The van der Waals surface area contributed by atoms with E-state index in [0.717, 1.165) is 40.3 Å². The molecule has 0 saturated carbocycles. The van der Waals surface area contributed by atoms with E-state index >= 15 is 0 Å². The predicted molar refractivity (Wildman–Crippen MR) is 85.9 cm³/mol. The fourth-order valence-corrected chi connectivity index (χ4v) is 3.61. The van der Waals surface area contributed by atoms with Gasteiger partial charge in [0.15, 0.2) is 0 Å². The van der Waals surface area contributed by atoms with Crippen LogP contribution in [0.2, 0.25) is 0 Å². The van der Waals surface area contributed by atoms with Gasteiger partial charge in [-0.2, -0.15) is 0 Å². The van der Waals surface area contributed by atoms with Gasteiger partial charge in [-0.15, -0.1) is 0 Å². The van der Waals surface area contributed by atoms with Crippen molar-refractivity contribution in [3.05, 3.63) is 46.4 Å². The molecule has 1 saturated heterocycles. The van der Waals surface area contributed by atoms with Crippen molar-refractivity contribution < 1.29 is 4.79 Å². The molecule has 2 aromatic carbocycles. The van der Waals surface area contributed by atoms with Gasteiger partial charge in [0.2, 0.25) is 0 Å². The Morgan fingerprint density at radius 2 is 2.00 bits per heavy atom. The molecule has 1 unspecified atom stereocenters. The molecule has 20 heavy (non-hydrogen) atoms. The Morgan fingerprint density at radius 1 is 1.25 bits per heavy atom. The van der Waals surface area contributed by atoms with E-state index in [9.17, 15) is 4.79 Å². The van der Waals surface area contributed by atoms with Crippen LogP contribution in [0.3, 0.4) is 0 Å². The molecule has 1 atom stereocenters. The minimum Gasteiger partial charge on any atom is -0.338 e. The zero-order valence-corrected chi connectivity index (χ0v) is 13.2. The lowest BCUT2D eigenvalue weighted by molar-refractivity contribution is 0.0685. The summed E-state index contributed by atoms with van der Waals surface area (Å²) in [6.07, 6.45) is 2.34. The normalized spacial score (nSPS) is 19.3. The van der Waals surface area contributed by atoms with E-state index in [1.807, 2.05) is 29.2 Å². The summed E-state index contributed by atoms with van der Waals surface area (Å²) in [5, 5.41) is 2.13. The highest BCUT2D eigenvalue weighted by Crippen LogP contribution is 2.29. The largest absolute Gasteiger partial charge is 0.338 e. The number of halogens is 1. The third-order valence-corrected chi connectivity index (χ3v) is 4.69. The number of carbonyl (C=O) groups excluding carboxylic acids is 1. The second kappa shape index (κ2) is 5.57. The van der Waals surface area contributed by atoms with E-state index in [-0.39, 0.29) is 5.91 Å². The van der Waals surface area contributed by atoms with Gasteiger partial charge < -0.3 is 4.90 Å². The predicted octanol–water partition coefficient (Wildman–Crippen LogP) is 4.47. The molecule has 104 valence electrons. The quantitative estimate of drug-likeness (QED) is 0.754. The Hall–Kier alpha value is -1.35. The minimum atomic E-state index is 0.161. The van der Waals surface area contributed by atoms with Gasteiger partial charge in [0, 0.05) is 28.5 Å². The maximum absolute atomic E-state index is 12.8. The standard InChI is InChI=1S/C17H18BrNO/c1-12-5-4-10-19(11-12)17(20)14-8-2-6-13-7-3-9-15(18)16(13)14/h2-3,6-9,12H,4-5,10-11H2,1H3. The average molecular weight is 332 g/mol. The van der Waals surface area contributed by atoms with E-state index in [2.05, 4.69) is 35.0 Å². The second-order valence-corrected chi connectivity index (χ2v) is 6.50. The van der Waals surface area contributed by atoms with Crippen molar-refractivity contribution in [3.63, 3.8) is 0 Å². The maximum atomic E-state index is 12.8. The molecule has 3 heteroatoms. The van der Waals surface area contributed by atoms with Crippen molar-refractivity contribution in [2.75, 3.05) is 13.1 Å². The Labute approximate surface area is 127 Å². The molecule has 2 aromatic rings. The van der Waals surface area contributed by atoms with E-state index in [1.165, 1.54) is 6.42 Å². The van der Waals surface area contributed by atoms with Crippen LogP contribution in [0.15, 0.2) is 40.9 Å². The molecule has 0 radical (unpaired) electrons. The summed E-state index contributed by atoms with van der Waals surface area (Å²) in [6.45, 7) is 3.97. The number of benzene rings is 2. The topological polar surface area (TPSA) is 20.3 Å². The average Bonchev–Trinajstić information content (AvgIpc) is 2.46. The molecule has 2 nitrogen and oxygen atoms in total. The lowest BCUT2D eigenvalue weighted by Crippen LogP contribution is -2.39. The number of piperidine rings is 1. The number of amides is 1. The first kappa shape index (κ1) is 13.6. The Kier molecular flexibility index (Phi) is 3.79. The number of carbonyl (C=O) groups is 1. The molecule has 0 spiro atoms. The molecule has 3 rings (SSSR count). The van der Waals surface area contributed by atoms with Crippen LogP contribution in [0, 0.1) is 5.92 Å². The molecule has 0 N–H and O–H groups in total. The first-order chi connectivity index (χ1) is 9.66. The zero-order chi connectivity index (χ0) is 14.1. The van der Waals surface area contributed by atoms with Crippen molar-refractivity contribution in [2.45, 2.75) is 19.8 Å². The Bertz CT molecular complexity index is 647. The van der Waals surface area contributed by atoms with Crippen LogP contribution in [0.25, 0.3) is 10.8 Å². The van der Waals surface area contributed by atoms with Crippen LogP contribution >= 0.6 is 15.9 Å². The number of hydrogen-bond donors (Lipinski definition) is 0. The van der Waals surface area contributed by atoms with Crippen LogP contribution in [0.1, 0.15) is 30.1 Å². The summed E-state index contributed by atoms with van der Waals surface area (Å²) in [7, 11) is 0. The molecular weight excluding hydrogens is 314 g/mol. The number of nitrogens with zero attached hydrogens (tertiary/aromatic N) is 1. The van der Waals surface area contributed by atoms with E-state index in [0.29, 0.717) is 5.92 Å². The van der Waals surface area contributed by atoms with Crippen molar-refractivity contribution in [1.82, 2.24) is 4.90 Å². The van der Waals surface area contributed by atoms with Crippen molar-refractivity contribution in [3.8, 4) is 0 Å². The zero-order valence-electron chi connectivity index (χ0n) is 11.6. The minimum absolute atomic E-state index is 0.161. The molecule has 0 bridgehead atoms. The number of fused-ring (bicyclic) bond motifs is 1. The molecule has 0 aromatic heterocycles. The smallest absolute Gasteiger partial charge is 0.254 e. The van der Waals surface area contributed by atoms with Crippen LogP contribution in [0.4, 0.5) is 0 Å². The van der Waals surface area contributed by atoms with Gasteiger partial charge in [-0.25, -0.2) is 0 Å². The van der Waals surface area contributed by atoms with Gasteiger partial charge in [0.05, 0.1) is 0 Å². The van der Waals surface area contributed by atoms with Gasteiger partial charge in [0.1, 0.15) is 0 Å². The molecule has 1 heterocycles. The first-order valence-electron chi connectivity index (χ1n) is 7.13. The van der Waals surface area contributed by atoms with Crippen molar-refractivity contribution in [1.29, 1.82) is 0 Å². The summed E-state index contributed by atoms with van der Waals surface area (Å²) in [6, 6.07) is 12.0. The summed E-state index contributed by atoms with van der Waals surface area (Å²) in [5.41, 5.74) is 0.809. The molecular formula is C17H18BrNO. The number of likely N-dealkylation sites (tertiary alicyclic amines) is 1. The Morgan fingerprint density at radius 3 is 2.75 bits per heavy atom. The van der Waals surface area contributed by atoms with E-state index in [4.69, 9.17) is 0 Å². The van der Waals surface area contributed by atoms with Gasteiger partial charge in [0.25, 0.3) is 5.91 Å². The highest BCUT2D eigenvalue weighted by atomic mass is 79.9. The summed E-state index contributed by atoms with van der Waals surface area (Å²) in [5.74, 6) is 0.764. The second-order valence-electron chi connectivity index (χ2n) is 5.64. The summed E-state index contributed by atoms with van der Waals surface area (Å²) in [4.78, 5) is 14.8. The highest BCUT2D eigenvalue weighted by Gasteiger charge is 2.23. The first-order valence-corrected chi connectivity index (χ1v) is 7.92. The number of rotatable bonds is 1. The molecule has 1 fully saturated rings. The third-order valence-electron chi connectivity index (χ3n) is 4.03. The molecule has 1 aliphatic rings. The van der Waals surface area contributed by atoms with Crippen LogP contribution < -0.4 is 0 Å². The molecule has 1 aliphatic heterocycles. The van der Waals surface area contributed by atoms with Gasteiger partial charge in [-0.05, 0) is 36.3 Å². The number of hydrogen-bond acceptors (Lipinski definition) is 1.